The average molecular weight is 310 g/mol. The lowest BCUT2D eigenvalue weighted by Crippen LogP contribution is -2.15. The standard InChI is InChI=1S/C22H30O/c1-5-7-9-18-10-8-11-21(16-18)23-17-19-12-14-20(15-13-19)22(3,4)6-2/h8,10-16H,5-7,9,17H2,1-4H3. The number of hydrogen-bond donors (Lipinski definition) is 0. The summed E-state index contributed by atoms with van der Waals surface area (Å²) in [5.41, 5.74) is 4.22. The van der Waals surface area contributed by atoms with Gasteiger partial charge in [-0.1, -0.05) is 70.5 Å². The molecular formula is C22H30O. The van der Waals surface area contributed by atoms with Gasteiger partial charge < -0.3 is 4.74 Å². The molecule has 0 spiro atoms. The number of hydrogen-bond acceptors (Lipinski definition) is 1. The Balaban J connectivity index is 1.96. The Morgan fingerprint density at radius 3 is 2.30 bits per heavy atom. The molecular weight excluding hydrogens is 280 g/mol. The fourth-order valence-electron chi connectivity index (χ4n) is 2.59. The first-order chi connectivity index (χ1) is 11.0. The summed E-state index contributed by atoms with van der Waals surface area (Å²) in [4.78, 5) is 0. The van der Waals surface area contributed by atoms with Crippen molar-refractivity contribution in [2.45, 2.75) is 65.4 Å². The predicted molar refractivity (Wildman–Crippen MR) is 99.1 cm³/mol. The molecule has 0 atom stereocenters. The molecule has 0 aliphatic heterocycles. The number of rotatable bonds is 8. The van der Waals surface area contributed by atoms with Crippen LogP contribution in [0.5, 0.6) is 5.75 Å². The molecule has 124 valence electrons. The molecule has 0 amide bonds. The summed E-state index contributed by atoms with van der Waals surface area (Å²) in [5, 5.41) is 0. The Hall–Kier alpha value is -1.76. The van der Waals surface area contributed by atoms with Crippen molar-refractivity contribution in [1.82, 2.24) is 0 Å². The van der Waals surface area contributed by atoms with Crippen molar-refractivity contribution >= 4 is 0 Å². The first-order valence-electron chi connectivity index (χ1n) is 8.86. The fourth-order valence-corrected chi connectivity index (χ4v) is 2.59. The van der Waals surface area contributed by atoms with Gasteiger partial charge in [0.2, 0.25) is 0 Å². The highest BCUT2D eigenvalue weighted by atomic mass is 16.5. The minimum Gasteiger partial charge on any atom is -0.489 e. The molecule has 2 aromatic carbocycles. The average Bonchev–Trinajstić information content (AvgIpc) is 2.59. The second kappa shape index (κ2) is 8.19. The molecule has 0 saturated carbocycles. The van der Waals surface area contributed by atoms with E-state index >= 15 is 0 Å². The van der Waals surface area contributed by atoms with Gasteiger partial charge in [-0.15, -0.1) is 0 Å². The van der Waals surface area contributed by atoms with Gasteiger partial charge in [-0.2, -0.15) is 0 Å². The van der Waals surface area contributed by atoms with Crippen LogP contribution in [0.4, 0.5) is 0 Å². The number of ether oxygens (including phenoxy) is 1. The molecule has 0 unspecified atom stereocenters. The van der Waals surface area contributed by atoms with Crippen LogP contribution in [-0.4, -0.2) is 0 Å². The Morgan fingerprint density at radius 1 is 0.913 bits per heavy atom. The van der Waals surface area contributed by atoms with Gasteiger partial charge in [0.1, 0.15) is 12.4 Å². The van der Waals surface area contributed by atoms with Crippen LogP contribution in [0, 0.1) is 0 Å². The van der Waals surface area contributed by atoms with E-state index in [9.17, 15) is 0 Å². The zero-order valence-electron chi connectivity index (χ0n) is 15.1. The van der Waals surface area contributed by atoms with E-state index in [0.717, 1.165) is 18.6 Å². The molecule has 0 radical (unpaired) electrons. The van der Waals surface area contributed by atoms with Crippen molar-refractivity contribution in [1.29, 1.82) is 0 Å². The number of aryl methyl sites for hydroxylation is 1. The summed E-state index contributed by atoms with van der Waals surface area (Å²) < 4.78 is 5.96. The second-order valence-electron chi connectivity index (χ2n) is 6.97. The minimum absolute atomic E-state index is 0.243. The van der Waals surface area contributed by atoms with Gasteiger partial charge >= 0.3 is 0 Å². The third kappa shape index (κ3) is 5.13. The van der Waals surface area contributed by atoms with Crippen molar-refractivity contribution in [2.75, 3.05) is 0 Å². The summed E-state index contributed by atoms with van der Waals surface area (Å²) in [5.74, 6) is 0.969. The van der Waals surface area contributed by atoms with E-state index in [1.807, 2.05) is 6.07 Å². The quantitative estimate of drug-likeness (QED) is 0.556. The van der Waals surface area contributed by atoms with E-state index in [-0.39, 0.29) is 5.41 Å². The zero-order chi connectivity index (χ0) is 16.7. The van der Waals surface area contributed by atoms with Crippen molar-refractivity contribution < 1.29 is 4.74 Å². The van der Waals surface area contributed by atoms with E-state index in [1.165, 1.54) is 29.5 Å². The lowest BCUT2D eigenvalue weighted by atomic mass is 9.82. The Morgan fingerprint density at radius 2 is 1.65 bits per heavy atom. The van der Waals surface area contributed by atoms with Crippen LogP contribution in [0.3, 0.4) is 0 Å². The third-order valence-corrected chi connectivity index (χ3v) is 4.74. The molecule has 23 heavy (non-hydrogen) atoms. The SMILES string of the molecule is CCCCc1cccc(OCc2ccc(C(C)(C)CC)cc2)c1. The molecule has 0 heterocycles. The van der Waals surface area contributed by atoms with Gasteiger partial charge in [-0.05, 0) is 53.5 Å². The lowest BCUT2D eigenvalue weighted by Gasteiger charge is -2.23. The van der Waals surface area contributed by atoms with Crippen molar-refractivity contribution in [3.05, 3.63) is 65.2 Å². The van der Waals surface area contributed by atoms with E-state index in [2.05, 4.69) is 70.2 Å². The van der Waals surface area contributed by atoms with Crippen LogP contribution in [-0.2, 0) is 18.4 Å². The molecule has 0 bridgehead atoms. The molecule has 1 nitrogen and oxygen atoms in total. The van der Waals surface area contributed by atoms with Gasteiger partial charge in [-0.3, -0.25) is 0 Å². The topological polar surface area (TPSA) is 9.23 Å². The molecule has 1 heteroatoms. The molecule has 0 N–H and O–H groups in total. The van der Waals surface area contributed by atoms with Crippen molar-refractivity contribution in [3.63, 3.8) is 0 Å². The zero-order valence-corrected chi connectivity index (χ0v) is 15.1. The van der Waals surface area contributed by atoms with Crippen LogP contribution in [0.15, 0.2) is 48.5 Å². The summed E-state index contributed by atoms with van der Waals surface area (Å²) in [6.45, 7) is 9.68. The molecule has 2 aromatic rings. The summed E-state index contributed by atoms with van der Waals surface area (Å²) >= 11 is 0. The van der Waals surface area contributed by atoms with E-state index in [0.29, 0.717) is 6.61 Å². The monoisotopic (exact) mass is 310 g/mol. The Kier molecular flexibility index (Phi) is 6.27. The molecule has 0 fully saturated rings. The molecule has 0 aromatic heterocycles. The van der Waals surface area contributed by atoms with Crippen LogP contribution in [0.25, 0.3) is 0 Å². The van der Waals surface area contributed by atoms with E-state index in [1.54, 1.807) is 0 Å². The number of unbranched alkanes of at least 4 members (excludes halogenated alkanes) is 1. The van der Waals surface area contributed by atoms with E-state index in [4.69, 9.17) is 4.74 Å². The second-order valence-corrected chi connectivity index (χ2v) is 6.97. The van der Waals surface area contributed by atoms with Gasteiger partial charge in [0, 0.05) is 0 Å². The van der Waals surface area contributed by atoms with Crippen LogP contribution in [0.2, 0.25) is 0 Å². The first kappa shape index (κ1) is 17.6. The fraction of sp³-hybridized carbons (Fsp3) is 0.455. The number of benzene rings is 2. The highest BCUT2D eigenvalue weighted by Gasteiger charge is 2.17. The lowest BCUT2D eigenvalue weighted by molar-refractivity contribution is 0.306. The highest BCUT2D eigenvalue weighted by molar-refractivity contribution is 5.30. The van der Waals surface area contributed by atoms with Gasteiger partial charge in [0.15, 0.2) is 0 Å². The Bertz CT molecular complexity index is 596. The molecule has 0 aliphatic rings. The summed E-state index contributed by atoms with van der Waals surface area (Å²) in [7, 11) is 0. The van der Waals surface area contributed by atoms with Gasteiger partial charge in [0.05, 0.1) is 0 Å². The Labute approximate surface area is 141 Å². The maximum atomic E-state index is 5.96. The first-order valence-corrected chi connectivity index (χ1v) is 8.86. The third-order valence-electron chi connectivity index (χ3n) is 4.74. The normalized spacial score (nSPS) is 11.5. The van der Waals surface area contributed by atoms with Crippen molar-refractivity contribution in [2.24, 2.45) is 0 Å². The summed E-state index contributed by atoms with van der Waals surface area (Å²) in [6.07, 6.45) is 4.74. The highest BCUT2D eigenvalue weighted by Crippen LogP contribution is 2.27. The predicted octanol–water partition coefficient (Wildman–Crippen LogP) is 6.30. The van der Waals surface area contributed by atoms with Gasteiger partial charge in [-0.25, -0.2) is 0 Å². The smallest absolute Gasteiger partial charge is 0.120 e. The van der Waals surface area contributed by atoms with Crippen LogP contribution < -0.4 is 4.74 Å². The molecule has 0 aliphatic carbocycles. The van der Waals surface area contributed by atoms with Crippen molar-refractivity contribution in [3.8, 4) is 5.75 Å². The largest absolute Gasteiger partial charge is 0.489 e. The molecule has 0 saturated heterocycles. The van der Waals surface area contributed by atoms with Gasteiger partial charge in [0.25, 0.3) is 0 Å². The minimum atomic E-state index is 0.243. The molecule has 2 rings (SSSR count). The van der Waals surface area contributed by atoms with Crippen LogP contribution >= 0.6 is 0 Å². The summed E-state index contributed by atoms with van der Waals surface area (Å²) in [6, 6.07) is 17.3. The van der Waals surface area contributed by atoms with Crippen LogP contribution in [0.1, 0.15) is 63.6 Å². The maximum absolute atomic E-state index is 5.96. The maximum Gasteiger partial charge on any atom is 0.120 e. The van der Waals surface area contributed by atoms with E-state index < -0.39 is 0 Å².